The quantitative estimate of drug-likeness (QED) is 0.750. The average molecular weight is 293 g/mol. The van der Waals surface area contributed by atoms with Gasteiger partial charge in [0.25, 0.3) is 0 Å². The van der Waals surface area contributed by atoms with E-state index in [1.807, 2.05) is 39.8 Å². The minimum absolute atomic E-state index is 0.151. The fraction of sp³-hybridized carbons (Fsp3) is 0.562. The van der Waals surface area contributed by atoms with Crippen molar-refractivity contribution in [2.24, 2.45) is 5.41 Å². The topological polar surface area (TPSA) is 57.9 Å². The lowest BCUT2D eigenvalue weighted by Crippen LogP contribution is -2.11. The third-order valence-electron chi connectivity index (χ3n) is 3.43. The van der Waals surface area contributed by atoms with Gasteiger partial charge in [-0.15, -0.1) is 0 Å². The molecule has 1 aromatic carbocycles. The summed E-state index contributed by atoms with van der Waals surface area (Å²) in [6, 6.07) is 7.66. The van der Waals surface area contributed by atoms with Crippen LogP contribution in [0.15, 0.2) is 23.1 Å². The van der Waals surface area contributed by atoms with Crippen molar-refractivity contribution in [2.75, 3.05) is 5.75 Å². The van der Waals surface area contributed by atoms with Crippen molar-refractivity contribution in [3.05, 3.63) is 29.3 Å². The average Bonchev–Trinajstić information content (AvgIpc) is 2.34. The molecule has 20 heavy (non-hydrogen) atoms. The molecule has 0 heterocycles. The Labute approximate surface area is 122 Å². The summed E-state index contributed by atoms with van der Waals surface area (Å²) in [5, 5.41) is 8.93. The van der Waals surface area contributed by atoms with Crippen LogP contribution in [0.1, 0.15) is 44.2 Å². The number of hydrogen-bond donors (Lipinski definition) is 0. The summed E-state index contributed by atoms with van der Waals surface area (Å²) in [6.07, 6.45) is 2.08. The van der Waals surface area contributed by atoms with Crippen LogP contribution < -0.4 is 0 Å². The summed E-state index contributed by atoms with van der Waals surface area (Å²) in [4.78, 5) is 0.433. The molecule has 0 aliphatic carbocycles. The van der Waals surface area contributed by atoms with Crippen molar-refractivity contribution in [1.29, 1.82) is 5.26 Å². The third-order valence-corrected chi connectivity index (χ3v) is 5.39. The summed E-state index contributed by atoms with van der Waals surface area (Å²) in [5.41, 5.74) is 1.50. The second-order valence-electron chi connectivity index (χ2n) is 6.04. The number of nitrogens with zero attached hydrogens (tertiary/aromatic N) is 1. The fourth-order valence-corrected chi connectivity index (χ4v) is 3.80. The minimum Gasteiger partial charge on any atom is -0.224 e. The Hall–Kier alpha value is -1.34. The molecule has 110 valence electrons. The Bertz CT molecular complexity index is 610. The lowest BCUT2D eigenvalue weighted by atomic mass is 9.89. The van der Waals surface area contributed by atoms with Crippen LogP contribution in [0.5, 0.6) is 0 Å². The first-order chi connectivity index (χ1) is 9.18. The molecule has 1 aromatic rings. The molecule has 0 aromatic heterocycles. The van der Waals surface area contributed by atoms with Gasteiger partial charge in [-0.3, -0.25) is 0 Å². The van der Waals surface area contributed by atoms with Gasteiger partial charge in [0.05, 0.1) is 22.1 Å². The van der Waals surface area contributed by atoms with Gasteiger partial charge in [-0.25, -0.2) is 8.42 Å². The van der Waals surface area contributed by atoms with Crippen LogP contribution in [0.3, 0.4) is 0 Å². The van der Waals surface area contributed by atoms with Gasteiger partial charge in [0, 0.05) is 0 Å². The van der Waals surface area contributed by atoms with Crippen LogP contribution in [-0.4, -0.2) is 14.2 Å². The van der Waals surface area contributed by atoms with Crippen LogP contribution in [-0.2, 0) is 9.84 Å². The van der Waals surface area contributed by atoms with Crippen LogP contribution in [0, 0.1) is 30.6 Å². The molecule has 0 aliphatic rings. The summed E-state index contributed by atoms with van der Waals surface area (Å²) in [6.45, 7) is 7.54. The largest absolute Gasteiger partial charge is 0.224 e. The molecule has 0 N–H and O–H groups in total. The molecule has 0 bridgehead atoms. The maximum atomic E-state index is 12.3. The first-order valence-corrected chi connectivity index (χ1v) is 8.54. The number of hydrogen-bond acceptors (Lipinski definition) is 3. The highest BCUT2D eigenvalue weighted by molar-refractivity contribution is 7.91. The molecule has 0 saturated heterocycles. The molecule has 0 fully saturated rings. The molecule has 0 spiro atoms. The van der Waals surface area contributed by atoms with Crippen molar-refractivity contribution in [3.8, 4) is 6.07 Å². The molecule has 0 saturated carbocycles. The second kappa shape index (κ2) is 6.41. The van der Waals surface area contributed by atoms with E-state index in [2.05, 4.69) is 6.07 Å². The number of nitriles is 1. The van der Waals surface area contributed by atoms with E-state index < -0.39 is 9.84 Å². The predicted molar refractivity (Wildman–Crippen MR) is 81.2 cm³/mol. The molecule has 0 unspecified atom stereocenters. The van der Waals surface area contributed by atoms with E-state index in [4.69, 9.17) is 5.26 Å². The van der Waals surface area contributed by atoms with Crippen LogP contribution in [0.2, 0.25) is 0 Å². The standard InChI is InChI=1S/C16H23NO2S/c1-13-7-8-15(14(2)11-13)20(18,19)10-6-5-9-16(3,4)12-17/h7-8,11H,5-6,9-10H2,1-4H3. The first-order valence-electron chi connectivity index (χ1n) is 6.89. The van der Waals surface area contributed by atoms with Gasteiger partial charge >= 0.3 is 0 Å². The number of rotatable bonds is 6. The zero-order chi connectivity index (χ0) is 15.4. The highest BCUT2D eigenvalue weighted by Gasteiger charge is 2.19. The smallest absolute Gasteiger partial charge is 0.178 e. The third kappa shape index (κ3) is 4.64. The number of sulfone groups is 1. The van der Waals surface area contributed by atoms with Crippen LogP contribution in [0.4, 0.5) is 0 Å². The van der Waals surface area contributed by atoms with Crippen molar-refractivity contribution >= 4 is 9.84 Å². The monoisotopic (exact) mass is 293 g/mol. The number of aryl methyl sites for hydroxylation is 2. The Kier molecular flexibility index (Phi) is 5.35. The molecule has 4 heteroatoms. The molecular weight excluding hydrogens is 270 g/mol. The van der Waals surface area contributed by atoms with Gasteiger partial charge in [-0.05, 0) is 52.2 Å². The maximum absolute atomic E-state index is 12.3. The fourth-order valence-electron chi connectivity index (χ4n) is 2.17. The summed E-state index contributed by atoms with van der Waals surface area (Å²) >= 11 is 0. The predicted octanol–water partition coefficient (Wildman–Crippen LogP) is 3.80. The van der Waals surface area contributed by atoms with E-state index >= 15 is 0 Å². The molecule has 3 nitrogen and oxygen atoms in total. The van der Waals surface area contributed by atoms with Crippen molar-refractivity contribution in [1.82, 2.24) is 0 Å². The maximum Gasteiger partial charge on any atom is 0.178 e. The lowest BCUT2D eigenvalue weighted by Gasteiger charge is -2.14. The van der Waals surface area contributed by atoms with Crippen LogP contribution in [0.25, 0.3) is 0 Å². The van der Waals surface area contributed by atoms with Gasteiger partial charge < -0.3 is 0 Å². The van der Waals surface area contributed by atoms with Gasteiger partial charge in [0.2, 0.25) is 0 Å². The number of benzene rings is 1. The molecule has 0 atom stereocenters. The van der Waals surface area contributed by atoms with Crippen molar-refractivity contribution in [3.63, 3.8) is 0 Å². The molecular formula is C16H23NO2S. The van der Waals surface area contributed by atoms with E-state index in [1.54, 1.807) is 6.07 Å². The Morgan fingerprint density at radius 3 is 2.40 bits per heavy atom. The second-order valence-corrected chi connectivity index (χ2v) is 8.12. The van der Waals surface area contributed by atoms with E-state index in [0.29, 0.717) is 11.3 Å². The van der Waals surface area contributed by atoms with Gasteiger partial charge in [0.15, 0.2) is 9.84 Å². The van der Waals surface area contributed by atoms with Crippen molar-refractivity contribution < 1.29 is 8.42 Å². The van der Waals surface area contributed by atoms with Gasteiger partial charge in [-0.1, -0.05) is 24.1 Å². The molecule has 0 radical (unpaired) electrons. The van der Waals surface area contributed by atoms with E-state index in [9.17, 15) is 8.42 Å². The highest BCUT2D eigenvalue weighted by atomic mass is 32.2. The zero-order valence-electron chi connectivity index (χ0n) is 12.7. The summed E-state index contributed by atoms with van der Waals surface area (Å²) < 4.78 is 24.6. The zero-order valence-corrected chi connectivity index (χ0v) is 13.5. The molecule has 1 rings (SSSR count). The Morgan fingerprint density at radius 1 is 1.20 bits per heavy atom. The highest BCUT2D eigenvalue weighted by Crippen LogP contribution is 2.23. The van der Waals surface area contributed by atoms with Gasteiger partial charge in [-0.2, -0.15) is 5.26 Å². The number of unbranched alkanes of at least 4 members (excludes halogenated alkanes) is 1. The minimum atomic E-state index is -3.22. The molecule has 0 aliphatic heterocycles. The SMILES string of the molecule is Cc1ccc(S(=O)(=O)CCCCC(C)(C)C#N)c(C)c1. The first kappa shape index (κ1) is 16.7. The Balaban J connectivity index is 2.65. The van der Waals surface area contributed by atoms with E-state index in [1.165, 1.54) is 0 Å². The van der Waals surface area contributed by atoms with Gasteiger partial charge in [0.1, 0.15) is 0 Å². The summed E-state index contributed by atoms with van der Waals surface area (Å²) in [5.74, 6) is 0.151. The van der Waals surface area contributed by atoms with Crippen molar-refractivity contribution in [2.45, 2.75) is 51.9 Å². The summed E-state index contributed by atoms with van der Waals surface area (Å²) in [7, 11) is -3.22. The normalized spacial score (nSPS) is 12.2. The Morgan fingerprint density at radius 2 is 1.85 bits per heavy atom. The molecule has 0 amide bonds. The lowest BCUT2D eigenvalue weighted by molar-refractivity contribution is 0.431. The van der Waals surface area contributed by atoms with E-state index in [-0.39, 0.29) is 11.2 Å². The van der Waals surface area contributed by atoms with Crippen LogP contribution >= 0.6 is 0 Å². The van der Waals surface area contributed by atoms with E-state index in [0.717, 1.165) is 24.0 Å².